The van der Waals surface area contributed by atoms with Crippen molar-refractivity contribution >= 4 is 23.5 Å². The molecule has 4 N–H and O–H groups in total. The smallest absolute Gasteiger partial charge is 0.230 e. The molecule has 0 aromatic heterocycles. The molecule has 0 spiro atoms. The first-order valence-electron chi connectivity index (χ1n) is 6.13. The lowest BCUT2D eigenvalue weighted by molar-refractivity contribution is -0.118. The third kappa shape index (κ3) is 7.35. The largest absolute Gasteiger partial charge is 0.409 e. The summed E-state index contributed by atoms with van der Waals surface area (Å²) >= 11 is 1.52. The molecule has 1 aromatic rings. The van der Waals surface area contributed by atoms with Gasteiger partial charge < -0.3 is 16.3 Å². The van der Waals surface area contributed by atoms with Crippen molar-refractivity contribution in [1.82, 2.24) is 5.32 Å². The SMILES string of the molecule is NC(CCCCNC(=O)CSc1ccccc1)=NO. The molecular formula is C13H19N3O2S. The van der Waals surface area contributed by atoms with Gasteiger partial charge in [-0.05, 0) is 25.0 Å². The van der Waals surface area contributed by atoms with Gasteiger partial charge >= 0.3 is 0 Å². The van der Waals surface area contributed by atoms with Crippen molar-refractivity contribution in [2.24, 2.45) is 10.9 Å². The van der Waals surface area contributed by atoms with Crippen molar-refractivity contribution in [3.8, 4) is 0 Å². The van der Waals surface area contributed by atoms with E-state index in [0.717, 1.165) is 17.7 Å². The summed E-state index contributed by atoms with van der Waals surface area (Å²) in [5, 5.41) is 14.1. The monoisotopic (exact) mass is 281 g/mol. The van der Waals surface area contributed by atoms with Gasteiger partial charge in [-0.25, -0.2) is 0 Å². The summed E-state index contributed by atoms with van der Waals surface area (Å²) in [6, 6.07) is 9.82. The quantitative estimate of drug-likeness (QED) is 0.169. The number of amidine groups is 1. The summed E-state index contributed by atoms with van der Waals surface area (Å²) in [5.41, 5.74) is 5.34. The Morgan fingerprint density at radius 2 is 2.05 bits per heavy atom. The van der Waals surface area contributed by atoms with E-state index in [1.807, 2.05) is 30.3 Å². The molecule has 0 bridgehead atoms. The van der Waals surface area contributed by atoms with Crippen LogP contribution in [0.3, 0.4) is 0 Å². The molecule has 0 heterocycles. The van der Waals surface area contributed by atoms with E-state index in [1.165, 1.54) is 11.8 Å². The van der Waals surface area contributed by atoms with Gasteiger partial charge in [0.25, 0.3) is 0 Å². The number of carbonyl (C=O) groups excluding carboxylic acids is 1. The Morgan fingerprint density at radius 3 is 2.74 bits per heavy atom. The third-order valence-electron chi connectivity index (χ3n) is 2.42. The van der Waals surface area contributed by atoms with Crippen LogP contribution in [0.4, 0.5) is 0 Å². The Balaban J connectivity index is 2.05. The number of unbranched alkanes of at least 4 members (excludes halogenated alkanes) is 1. The van der Waals surface area contributed by atoms with Gasteiger partial charge in [-0.3, -0.25) is 4.79 Å². The van der Waals surface area contributed by atoms with E-state index >= 15 is 0 Å². The topological polar surface area (TPSA) is 87.7 Å². The maximum absolute atomic E-state index is 11.5. The lowest BCUT2D eigenvalue weighted by Gasteiger charge is -2.05. The molecule has 1 amide bonds. The second kappa shape index (κ2) is 9.27. The minimum Gasteiger partial charge on any atom is -0.409 e. The molecule has 1 rings (SSSR count). The van der Waals surface area contributed by atoms with E-state index in [0.29, 0.717) is 18.7 Å². The zero-order chi connectivity index (χ0) is 13.9. The molecule has 1 aromatic carbocycles. The highest BCUT2D eigenvalue weighted by molar-refractivity contribution is 8.00. The maximum Gasteiger partial charge on any atom is 0.230 e. The molecule has 5 nitrogen and oxygen atoms in total. The average molecular weight is 281 g/mol. The van der Waals surface area contributed by atoms with Crippen LogP contribution in [-0.2, 0) is 4.79 Å². The number of nitrogens with zero attached hydrogens (tertiary/aromatic N) is 1. The Kier molecular flexibility index (Phi) is 7.50. The van der Waals surface area contributed by atoms with Crippen molar-refractivity contribution in [1.29, 1.82) is 0 Å². The van der Waals surface area contributed by atoms with Crippen molar-refractivity contribution in [3.05, 3.63) is 30.3 Å². The molecule has 0 fully saturated rings. The normalized spacial score (nSPS) is 11.3. The highest BCUT2D eigenvalue weighted by Gasteiger charge is 2.02. The van der Waals surface area contributed by atoms with Gasteiger partial charge in [-0.1, -0.05) is 23.4 Å². The molecule has 0 radical (unpaired) electrons. The zero-order valence-electron chi connectivity index (χ0n) is 10.7. The molecule has 0 saturated carbocycles. The first kappa shape index (κ1) is 15.4. The molecule has 0 aliphatic rings. The van der Waals surface area contributed by atoms with E-state index in [-0.39, 0.29) is 11.7 Å². The molecule has 0 saturated heterocycles. The lowest BCUT2D eigenvalue weighted by atomic mass is 10.2. The highest BCUT2D eigenvalue weighted by Crippen LogP contribution is 2.16. The van der Waals surface area contributed by atoms with Gasteiger partial charge in [-0.15, -0.1) is 11.8 Å². The Labute approximate surface area is 117 Å². The van der Waals surface area contributed by atoms with Crippen LogP contribution < -0.4 is 11.1 Å². The number of hydrogen-bond donors (Lipinski definition) is 3. The summed E-state index contributed by atoms with van der Waals surface area (Å²) in [5.74, 6) is 0.674. The lowest BCUT2D eigenvalue weighted by Crippen LogP contribution is -2.26. The average Bonchev–Trinajstić information content (AvgIpc) is 2.45. The summed E-state index contributed by atoms with van der Waals surface area (Å²) in [7, 11) is 0. The van der Waals surface area contributed by atoms with Crippen LogP contribution in [0.5, 0.6) is 0 Å². The van der Waals surface area contributed by atoms with Crippen LogP contribution in [-0.4, -0.2) is 29.2 Å². The maximum atomic E-state index is 11.5. The van der Waals surface area contributed by atoms with Crippen LogP contribution in [0, 0.1) is 0 Å². The molecular weight excluding hydrogens is 262 g/mol. The first-order valence-corrected chi connectivity index (χ1v) is 7.12. The number of hydrogen-bond acceptors (Lipinski definition) is 4. The molecule has 0 aliphatic carbocycles. The number of carbonyl (C=O) groups is 1. The predicted octanol–water partition coefficient (Wildman–Crippen LogP) is 1.81. The van der Waals surface area contributed by atoms with Gasteiger partial charge in [0, 0.05) is 17.9 Å². The molecule has 0 aliphatic heterocycles. The number of thioether (sulfide) groups is 1. The van der Waals surface area contributed by atoms with E-state index in [4.69, 9.17) is 10.9 Å². The second-order valence-electron chi connectivity index (χ2n) is 4.00. The third-order valence-corrected chi connectivity index (χ3v) is 3.44. The number of amides is 1. The van der Waals surface area contributed by atoms with Gasteiger partial charge in [0.15, 0.2) is 0 Å². The number of nitrogens with one attached hydrogen (secondary N) is 1. The number of benzene rings is 1. The first-order chi connectivity index (χ1) is 9.22. The van der Waals surface area contributed by atoms with Gasteiger partial charge in [0.2, 0.25) is 5.91 Å². The Morgan fingerprint density at radius 1 is 1.32 bits per heavy atom. The predicted molar refractivity (Wildman–Crippen MR) is 77.4 cm³/mol. The fourth-order valence-corrected chi connectivity index (χ4v) is 2.17. The number of rotatable bonds is 8. The van der Waals surface area contributed by atoms with Crippen LogP contribution in [0.15, 0.2) is 40.4 Å². The summed E-state index contributed by atoms with van der Waals surface area (Å²) in [6.07, 6.45) is 2.16. The minimum atomic E-state index is 0.0256. The van der Waals surface area contributed by atoms with Crippen molar-refractivity contribution in [3.63, 3.8) is 0 Å². The van der Waals surface area contributed by atoms with Gasteiger partial charge in [-0.2, -0.15) is 0 Å². The van der Waals surface area contributed by atoms with Crippen LogP contribution in [0.25, 0.3) is 0 Å². The zero-order valence-corrected chi connectivity index (χ0v) is 11.5. The van der Waals surface area contributed by atoms with Crippen LogP contribution >= 0.6 is 11.8 Å². The minimum absolute atomic E-state index is 0.0256. The highest BCUT2D eigenvalue weighted by atomic mass is 32.2. The second-order valence-corrected chi connectivity index (χ2v) is 5.05. The van der Waals surface area contributed by atoms with E-state index in [1.54, 1.807) is 0 Å². The van der Waals surface area contributed by atoms with E-state index in [2.05, 4.69) is 10.5 Å². The van der Waals surface area contributed by atoms with Gasteiger partial charge in [0.1, 0.15) is 5.84 Å². The number of oxime groups is 1. The Bertz CT molecular complexity index is 410. The molecule has 19 heavy (non-hydrogen) atoms. The fraction of sp³-hybridized carbons (Fsp3) is 0.385. The fourth-order valence-electron chi connectivity index (χ4n) is 1.43. The van der Waals surface area contributed by atoms with Crippen LogP contribution in [0.2, 0.25) is 0 Å². The van der Waals surface area contributed by atoms with E-state index < -0.39 is 0 Å². The summed E-state index contributed by atoms with van der Waals surface area (Å²) < 4.78 is 0. The summed E-state index contributed by atoms with van der Waals surface area (Å²) in [4.78, 5) is 12.6. The van der Waals surface area contributed by atoms with E-state index in [9.17, 15) is 4.79 Å². The molecule has 0 unspecified atom stereocenters. The number of nitrogens with two attached hydrogens (primary N) is 1. The summed E-state index contributed by atoms with van der Waals surface area (Å²) in [6.45, 7) is 0.618. The molecule has 104 valence electrons. The Hall–Kier alpha value is -1.69. The standard InChI is InChI=1S/C13H19N3O2S/c14-12(16-18)8-4-5-9-15-13(17)10-19-11-6-2-1-3-7-11/h1-3,6-7,18H,4-5,8-10H2,(H2,14,16)(H,15,17). The van der Waals surface area contributed by atoms with Crippen molar-refractivity contribution < 1.29 is 10.0 Å². The molecule has 0 atom stereocenters. The van der Waals surface area contributed by atoms with Crippen molar-refractivity contribution in [2.45, 2.75) is 24.2 Å². The van der Waals surface area contributed by atoms with Gasteiger partial charge in [0.05, 0.1) is 5.75 Å². The van der Waals surface area contributed by atoms with Crippen LogP contribution in [0.1, 0.15) is 19.3 Å². The molecule has 6 heteroatoms. The van der Waals surface area contributed by atoms with Crippen molar-refractivity contribution in [2.75, 3.05) is 12.3 Å².